The number of halogens is 2. The highest BCUT2D eigenvalue weighted by Gasteiger charge is 2.41. The van der Waals surface area contributed by atoms with Crippen molar-refractivity contribution in [3.05, 3.63) is 23.1 Å². The lowest BCUT2D eigenvalue weighted by atomic mass is 10.2. The normalized spacial score (nSPS) is 17.9. The molecule has 4 heteroatoms. The lowest BCUT2D eigenvalue weighted by Gasteiger charge is -2.15. The topological polar surface area (TPSA) is 24.9 Å². The first-order chi connectivity index (χ1) is 6.65. The fraction of sp³-hybridized carbons (Fsp3) is 0.500. The van der Waals surface area contributed by atoms with E-state index in [2.05, 4.69) is 17.2 Å². The van der Waals surface area contributed by atoms with Gasteiger partial charge in [0.1, 0.15) is 0 Å². The highest BCUT2D eigenvalue weighted by atomic mass is 35.5. The van der Waals surface area contributed by atoms with Crippen LogP contribution in [0.5, 0.6) is 0 Å². The summed E-state index contributed by atoms with van der Waals surface area (Å²) in [6.45, 7) is 2.09. The first-order valence-corrected chi connectivity index (χ1v) is 5.12. The summed E-state index contributed by atoms with van der Waals surface area (Å²) < 4.78 is 13.3. The Morgan fingerprint density at radius 3 is 2.86 bits per heavy atom. The Balaban J connectivity index is 2.17. The average molecular weight is 215 g/mol. The number of hydrogen-bond acceptors (Lipinski definition) is 2. The van der Waals surface area contributed by atoms with Crippen LogP contribution >= 0.6 is 11.6 Å². The molecule has 0 amide bonds. The van der Waals surface area contributed by atoms with Gasteiger partial charge in [0, 0.05) is 11.7 Å². The SMILES string of the molecule is CCC1(Nc2ncc(Cl)cc2F)CC1. The van der Waals surface area contributed by atoms with Crippen LogP contribution in [0.4, 0.5) is 10.2 Å². The highest BCUT2D eigenvalue weighted by Crippen LogP contribution is 2.41. The van der Waals surface area contributed by atoms with E-state index in [0.29, 0.717) is 10.8 Å². The number of aromatic nitrogens is 1. The third-order valence-electron chi connectivity index (χ3n) is 2.72. The molecule has 1 aromatic rings. The predicted octanol–water partition coefficient (Wildman–Crippen LogP) is 3.23. The van der Waals surface area contributed by atoms with E-state index in [-0.39, 0.29) is 11.4 Å². The first kappa shape index (κ1) is 9.71. The molecular weight excluding hydrogens is 203 g/mol. The molecule has 0 aromatic carbocycles. The van der Waals surface area contributed by atoms with E-state index in [9.17, 15) is 4.39 Å². The molecule has 0 radical (unpaired) electrons. The zero-order valence-electron chi connectivity index (χ0n) is 7.98. The molecule has 1 fully saturated rings. The second kappa shape index (κ2) is 3.39. The van der Waals surface area contributed by atoms with Crippen LogP contribution in [0.1, 0.15) is 26.2 Å². The Morgan fingerprint density at radius 1 is 1.64 bits per heavy atom. The molecular formula is C10H12ClFN2. The van der Waals surface area contributed by atoms with Gasteiger partial charge in [-0.3, -0.25) is 0 Å². The van der Waals surface area contributed by atoms with Gasteiger partial charge in [-0.2, -0.15) is 0 Å². The van der Waals surface area contributed by atoms with Crippen molar-refractivity contribution >= 4 is 17.4 Å². The Morgan fingerprint density at radius 2 is 2.36 bits per heavy atom. The lowest BCUT2D eigenvalue weighted by Crippen LogP contribution is -2.21. The smallest absolute Gasteiger partial charge is 0.166 e. The van der Waals surface area contributed by atoms with Gasteiger partial charge in [0.25, 0.3) is 0 Å². The Hall–Kier alpha value is -0.830. The summed E-state index contributed by atoms with van der Waals surface area (Å²) in [7, 11) is 0. The Labute approximate surface area is 87.5 Å². The molecule has 1 aliphatic carbocycles. The Kier molecular flexibility index (Phi) is 2.35. The van der Waals surface area contributed by atoms with Crippen LogP contribution in [-0.4, -0.2) is 10.5 Å². The van der Waals surface area contributed by atoms with Crippen LogP contribution in [0.3, 0.4) is 0 Å². The summed E-state index contributed by atoms with van der Waals surface area (Å²) in [6.07, 6.45) is 4.63. The quantitative estimate of drug-likeness (QED) is 0.836. The van der Waals surface area contributed by atoms with Gasteiger partial charge in [0.05, 0.1) is 5.02 Å². The first-order valence-electron chi connectivity index (χ1n) is 4.74. The van der Waals surface area contributed by atoms with Crippen LogP contribution in [-0.2, 0) is 0 Å². The van der Waals surface area contributed by atoms with E-state index in [1.54, 1.807) is 0 Å². The maximum Gasteiger partial charge on any atom is 0.166 e. The predicted molar refractivity (Wildman–Crippen MR) is 55.1 cm³/mol. The molecule has 1 heterocycles. The molecule has 1 aromatic heterocycles. The Bertz CT molecular complexity index is 350. The van der Waals surface area contributed by atoms with Gasteiger partial charge in [-0.25, -0.2) is 9.37 Å². The second-order valence-electron chi connectivity index (χ2n) is 3.74. The summed E-state index contributed by atoms with van der Waals surface area (Å²) in [5.41, 5.74) is 0.0850. The molecule has 0 saturated heterocycles. The van der Waals surface area contributed by atoms with Crippen molar-refractivity contribution in [1.82, 2.24) is 4.98 Å². The fourth-order valence-electron chi connectivity index (χ4n) is 1.48. The van der Waals surface area contributed by atoms with Crippen molar-refractivity contribution in [3.8, 4) is 0 Å². The van der Waals surface area contributed by atoms with Gasteiger partial charge in [0.2, 0.25) is 0 Å². The van der Waals surface area contributed by atoms with Gasteiger partial charge in [-0.15, -0.1) is 0 Å². The molecule has 1 N–H and O–H groups in total. The molecule has 1 aliphatic rings. The number of hydrogen-bond donors (Lipinski definition) is 1. The van der Waals surface area contributed by atoms with E-state index in [1.807, 2.05) is 0 Å². The maximum atomic E-state index is 13.3. The minimum absolute atomic E-state index is 0.0850. The summed E-state index contributed by atoms with van der Waals surface area (Å²) >= 11 is 5.61. The van der Waals surface area contributed by atoms with Gasteiger partial charge in [-0.1, -0.05) is 18.5 Å². The lowest BCUT2D eigenvalue weighted by molar-refractivity contribution is 0.611. The zero-order valence-corrected chi connectivity index (χ0v) is 8.74. The van der Waals surface area contributed by atoms with Crippen LogP contribution in [0.25, 0.3) is 0 Å². The standard InChI is InChI=1S/C10H12ClFN2/c1-2-10(3-4-10)14-9-8(12)5-7(11)6-13-9/h5-6H,2-4H2,1H3,(H,13,14). The summed E-state index contributed by atoms with van der Waals surface area (Å²) in [6, 6.07) is 1.28. The van der Waals surface area contributed by atoms with E-state index >= 15 is 0 Å². The second-order valence-corrected chi connectivity index (χ2v) is 4.18. The molecule has 76 valence electrons. The molecule has 0 aliphatic heterocycles. The summed E-state index contributed by atoms with van der Waals surface area (Å²) in [4.78, 5) is 3.93. The van der Waals surface area contributed by atoms with Crippen LogP contribution in [0.2, 0.25) is 5.02 Å². The molecule has 0 unspecified atom stereocenters. The highest BCUT2D eigenvalue weighted by molar-refractivity contribution is 6.30. The van der Waals surface area contributed by atoms with E-state index in [1.165, 1.54) is 12.3 Å². The number of pyridine rings is 1. The van der Waals surface area contributed by atoms with Crippen LogP contribution < -0.4 is 5.32 Å². The number of nitrogens with one attached hydrogen (secondary N) is 1. The molecule has 0 atom stereocenters. The molecule has 1 saturated carbocycles. The van der Waals surface area contributed by atoms with E-state index in [4.69, 9.17) is 11.6 Å². The molecule has 14 heavy (non-hydrogen) atoms. The minimum atomic E-state index is -0.378. The number of nitrogens with zero attached hydrogens (tertiary/aromatic N) is 1. The molecule has 0 bridgehead atoms. The number of anilines is 1. The summed E-state index contributed by atoms with van der Waals surface area (Å²) in [5, 5.41) is 3.46. The maximum absolute atomic E-state index is 13.3. The van der Waals surface area contributed by atoms with Gasteiger partial charge < -0.3 is 5.32 Å². The fourth-order valence-corrected chi connectivity index (χ4v) is 1.62. The van der Waals surface area contributed by atoms with Crippen molar-refractivity contribution in [2.24, 2.45) is 0 Å². The van der Waals surface area contributed by atoms with Crippen molar-refractivity contribution in [3.63, 3.8) is 0 Å². The van der Waals surface area contributed by atoms with Crippen molar-refractivity contribution in [2.45, 2.75) is 31.7 Å². The van der Waals surface area contributed by atoms with Crippen LogP contribution in [0.15, 0.2) is 12.3 Å². The average Bonchev–Trinajstić information content (AvgIpc) is 2.91. The van der Waals surface area contributed by atoms with E-state index < -0.39 is 0 Å². The van der Waals surface area contributed by atoms with Crippen molar-refractivity contribution in [2.75, 3.05) is 5.32 Å². The molecule has 0 spiro atoms. The largest absolute Gasteiger partial charge is 0.362 e. The van der Waals surface area contributed by atoms with Crippen LogP contribution in [0, 0.1) is 5.82 Å². The minimum Gasteiger partial charge on any atom is -0.362 e. The molecule has 2 nitrogen and oxygen atoms in total. The van der Waals surface area contributed by atoms with Crippen molar-refractivity contribution in [1.29, 1.82) is 0 Å². The number of rotatable bonds is 3. The third-order valence-corrected chi connectivity index (χ3v) is 2.93. The third kappa shape index (κ3) is 1.82. The van der Waals surface area contributed by atoms with Crippen molar-refractivity contribution < 1.29 is 4.39 Å². The monoisotopic (exact) mass is 214 g/mol. The van der Waals surface area contributed by atoms with E-state index in [0.717, 1.165) is 19.3 Å². The van der Waals surface area contributed by atoms with Gasteiger partial charge >= 0.3 is 0 Å². The zero-order chi connectivity index (χ0) is 10.2. The molecule has 2 rings (SSSR count). The summed E-state index contributed by atoms with van der Waals surface area (Å²) in [5.74, 6) is -0.0639. The van der Waals surface area contributed by atoms with Gasteiger partial charge in [-0.05, 0) is 25.3 Å². The van der Waals surface area contributed by atoms with Gasteiger partial charge in [0.15, 0.2) is 11.6 Å².